The van der Waals surface area contributed by atoms with Gasteiger partial charge in [-0.15, -0.1) is 0 Å². The van der Waals surface area contributed by atoms with Gasteiger partial charge in [-0.2, -0.15) is 0 Å². The van der Waals surface area contributed by atoms with Crippen molar-refractivity contribution in [2.24, 2.45) is 0 Å². The molecular weight excluding hydrogens is 736 g/mol. The summed E-state index contributed by atoms with van der Waals surface area (Å²) in [6.07, 6.45) is 0. The summed E-state index contributed by atoms with van der Waals surface area (Å²) in [4.78, 5) is 11.8. The molecule has 6 aromatic carbocycles. The van der Waals surface area contributed by atoms with Gasteiger partial charge in [-0.25, -0.2) is 4.57 Å². The number of phosphoric ester groups is 1. The average Bonchev–Trinajstić information content (AvgIpc) is 3.18. The monoisotopic (exact) mass is 788 g/mol. The van der Waals surface area contributed by atoms with Crippen LogP contribution in [0.3, 0.4) is 0 Å². The maximum Gasteiger partial charge on any atom is 0.584 e. The molecule has 1 N–H and O–H groups in total. The van der Waals surface area contributed by atoms with Crippen LogP contribution in [0, 0.1) is 0 Å². The van der Waals surface area contributed by atoms with Crippen molar-refractivity contribution in [1.82, 2.24) is 0 Å². The highest BCUT2D eigenvalue weighted by atomic mass is 31.2. The Morgan fingerprint density at radius 1 is 0.453 bits per heavy atom. The minimum Gasteiger partial charge on any atom is -0.394 e. The Bertz CT molecular complexity index is 2260. The lowest BCUT2D eigenvalue weighted by atomic mass is 9.86. The van der Waals surface area contributed by atoms with Crippen LogP contribution >= 0.6 is 7.82 Å². The maximum absolute atomic E-state index is 14.5. The lowest BCUT2D eigenvalue weighted by molar-refractivity contribution is 0.295. The van der Waals surface area contributed by atoms with Gasteiger partial charge < -0.3 is 9.05 Å². The van der Waals surface area contributed by atoms with Crippen molar-refractivity contribution in [1.29, 1.82) is 0 Å². The lowest BCUT2D eigenvalue weighted by Gasteiger charge is -2.25. The molecule has 7 rings (SSSR count). The molecule has 1 heterocycles. The Hall–Kier alpha value is -3.50. The molecule has 0 aliphatic carbocycles. The van der Waals surface area contributed by atoms with Gasteiger partial charge in [0.15, 0.2) is 0 Å². The summed E-state index contributed by atoms with van der Waals surface area (Å²) < 4.78 is 27.2. The highest BCUT2D eigenvalue weighted by Crippen LogP contribution is 2.61. The van der Waals surface area contributed by atoms with Crippen LogP contribution in [-0.2, 0) is 4.57 Å². The molecule has 274 valence electrons. The largest absolute Gasteiger partial charge is 0.584 e. The first kappa shape index (κ1) is 37.8. The molecular formula is C44H53O4PSi4. The first-order valence-corrected chi connectivity index (χ1v) is 34.2. The van der Waals surface area contributed by atoms with Gasteiger partial charge in [0.05, 0.1) is 32.3 Å². The normalized spacial score (nSPS) is 14.7. The van der Waals surface area contributed by atoms with E-state index in [1.165, 1.54) is 20.7 Å². The van der Waals surface area contributed by atoms with E-state index in [-0.39, 0.29) is 0 Å². The Kier molecular flexibility index (Phi) is 9.12. The summed E-state index contributed by atoms with van der Waals surface area (Å²) in [5.41, 5.74) is 5.21. The summed E-state index contributed by atoms with van der Waals surface area (Å²) in [7, 11) is -11.7. The first-order chi connectivity index (χ1) is 24.5. The number of phosphoric acid groups is 1. The molecule has 0 atom stereocenters. The zero-order valence-electron chi connectivity index (χ0n) is 33.4. The van der Waals surface area contributed by atoms with Crippen LogP contribution < -0.4 is 29.8 Å². The van der Waals surface area contributed by atoms with E-state index in [0.717, 1.165) is 54.9 Å². The van der Waals surface area contributed by atoms with Crippen molar-refractivity contribution in [3.63, 3.8) is 0 Å². The van der Waals surface area contributed by atoms with Crippen molar-refractivity contribution in [2.45, 2.75) is 78.6 Å². The zero-order valence-corrected chi connectivity index (χ0v) is 38.3. The number of rotatable bonds is 6. The SMILES string of the molecule is C[Si](C)(C)c1cc(-c2cc3ccccc3c3c2OP(=O)(O)Oc2c(-c4cc([Si](C)(C)C)cc([Si](C)(C)C)c4)cc4ccccc4c2-3)cc([Si](C)(C)C)c1. The second-order valence-electron chi connectivity index (χ2n) is 18.9. The number of hydrogen-bond acceptors (Lipinski definition) is 3. The predicted octanol–water partition coefficient (Wildman–Crippen LogP) is 11.0. The zero-order chi connectivity index (χ0) is 38.5. The van der Waals surface area contributed by atoms with Crippen molar-refractivity contribution in [2.75, 3.05) is 0 Å². The van der Waals surface area contributed by atoms with Gasteiger partial charge in [0.25, 0.3) is 0 Å². The molecule has 0 aromatic heterocycles. The third kappa shape index (κ3) is 7.22. The van der Waals surface area contributed by atoms with Gasteiger partial charge >= 0.3 is 7.82 Å². The molecule has 4 nitrogen and oxygen atoms in total. The molecule has 0 radical (unpaired) electrons. The maximum atomic E-state index is 14.5. The molecule has 1 aliphatic heterocycles. The van der Waals surface area contributed by atoms with Gasteiger partial charge in [0, 0.05) is 22.3 Å². The average molecular weight is 789 g/mol. The first-order valence-electron chi connectivity index (χ1n) is 18.7. The highest BCUT2D eigenvalue weighted by Gasteiger charge is 2.38. The molecule has 0 unspecified atom stereocenters. The summed E-state index contributed by atoms with van der Waals surface area (Å²) >= 11 is 0. The molecule has 0 saturated heterocycles. The minimum absolute atomic E-state index is 0.392. The number of fused-ring (bicyclic) bond motifs is 7. The van der Waals surface area contributed by atoms with E-state index in [1.807, 2.05) is 12.1 Å². The Balaban J connectivity index is 1.67. The van der Waals surface area contributed by atoms with Gasteiger partial charge in [-0.3, -0.25) is 4.89 Å². The molecule has 0 fully saturated rings. The summed E-state index contributed by atoms with van der Waals surface area (Å²) in [6, 6.07) is 35.0. The van der Waals surface area contributed by atoms with Gasteiger partial charge in [-0.1, -0.05) is 184 Å². The van der Waals surface area contributed by atoms with Crippen molar-refractivity contribution >= 4 is 82.4 Å². The number of benzene rings is 6. The molecule has 0 saturated carbocycles. The van der Waals surface area contributed by atoms with Crippen LogP contribution in [0.4, 0.5) is 0 Å². The van der Waals surface area contributed by atoms with Crippen LogP contribution in [0.1, 0.15) is 0 Å². The van der Waals surface area contributed by atoms with E-state index in [2.05, 4.69) is 163 Å². The molecule has 6 aromatic rings. The fourth-order valence-corrected chi connectivity index (χ4v) is 13.2. The predicted molar refractivity (Wildman–Crippen MR) is 241 cm³/mol. The van der Waals surface area contributed by atoms with E-state index in [4.69, 9.17) is 9.05 Å². The van der Waals surface area contributed by atoms with E-state index >= 15 is 0 Å². The van der Waals surface area contributed by atoms with E-state index < -0.39 is 40.1 Å². The topological polar surface area (TPSA) is 55.8 Å². The molecule has 0 spiro atoms. The summed E-state index contributed by atoms with van der Waals surface area (Å²) in [6.45, 7) is 28.5. The summed E-state index contributed by atoms with van der Waals surface area (Å²) in [5, 5.41) is 9.42. The highest BCUT2D eigenvalue weighted by molar-refractivity contribution is 7.48. The van der Waals surface area contributed by atoms with Crippen LogP contribution in [-0.4, -0.2) is 37.2 Å². The van der Waals surface area contributed by atoms with E-state index in [1.54, 1.807) is 0 Å². The van der Waals surface area contributed by atoms with Crippen LogP contribution in [0.25, 0.3) is 54.9 Å². The third-order valence-electron chi connectivity index (χ3n) is 10.6. The second-order valence-corrected chi connectivity index (χ2v) is 40.6. The molecule has 53 heavy (non-hydrogen) atoms. The van der Waals surface area contributed by atoms with Crippen molar-refractivity contribution in [3.8, 4) is 44.9 Å². The van der Waals surface area contributed by atoms with E-state index in [0.29, 0.717) is 11.5 Å². The Morgan fingerprint density at radius 2 is 0.755 bits per heavy atom. The van der Waals surface area contributed by atoms with Gasteiger partial charge in [-0.05, 0) is 44.8 Å². The Morgan fingerprint density at radius 3 is 1.06 bits per heavy atom. The fraction of sp³-hybridized carbons (Fsp3) is 0.273. The van der Waals surface area contributed by atoms with Gasteiger partial charge in [0.2, 0.25) is 0 Å². The van der Waals surface area contributed by atoms with Crippen LogP contribution in [0.15, 0.2) is 97.1 Å². The van der Waals surface area contributed by atoms with E-state index in [9.17, 15) is 9.46 Å². The molecule has 0 bridgehead atoms. The molecule has 0 amide bonds. The Labute approximate surface area is 319 Å². The molecule has 1 aliphatic rings. The van der Waals surface area contributed by atoms with Gasteiger partial charge in [0.1, 0.15) is 11.5 Å². The minimum atomic E-state index is -4.69. The van der Waals surface area contributed by atoms with Crippen molar-refractivity contribution in [3.05, 3.63) is 97.1 Å². The fourth-order valence-electron chi connectivity index (χ4n) is 7.32. The van der Waals surface area contributed by atoms with Crippen LogP contribution in [0.5, 0.6) is 11.5 Å². The van der Waals surface area contributed by atoms with Crippen molar-refractivity contribution < 1.29 is 18.5 Å². The second kappa shape index (κ2) is 12.8. The summed E-state index contributed by atoms with van der Waals surface area (Å²) in [5.74, 6) is 0.784. The molecule has 9 heteroatoms. The standard InChI is InChI=1S/C44H53O4PSi4/c1-50(2,3)33-21-31(22-34(27-33)51(4,5)6)39-25-29-17-13-15-19-37(29)41-42-38-20-16-14-18-30(38)26-40(44(42)48-49(45,46)47-43(39)41)32-23-35(52(7,8)9)28-36(24-32)53(10,11)12/h13-28H,1-12H3,(H,45,46). The quantitative estimate of drug-likeness (QED) is 0.135. The lowest BCUT2D eigenvalue weighted by Crippen LogP contribution is -2.45. The van der Waals surface area contributed by atoms with Crippen LogP contribution in [0.2, 0.25) is 78.6 Å². The number of hydrogen-bond donors (Lipinski definition) is 1. The smallest absolute Gasteiger partial charge is 0.394 e. The third-order valence-corrected chi connectivity index (χ3v) is 19.5.